The van der Waals surface area contributed by atoms with Crippen molar-refractivity contribution in [1.29, 1.82) is 0 Å². The maximum atomic E-state index is 14.0. The largest absolute Gasteiger partial charge is 0.392 e. The molecule has 1 amide bonds. The van der Waals surface area contributed by atoms with Crippen LogP contribution in [0.1, 0.15) is 37.0 Å². The number of rotatable bonds is 5. The normalized spacial score (nSPS) is 14.3. The third kappa shape index (κ3) is 3.12. The van der Waals surface area contributed by atoms with Crippen molar-refractivity contribution < 1.29 is 14.1 Å². The molecule has 2 rings (SSSR count). The molecule has 1 saturated carbocycles. The van der Waals surface area contributed by atoms with Crippen LogP contribution in [-0.4, -0.2) is 28.3 Å². The Balaban J connectivity index is 2.41. The number of hydrogen-bond acceptors (Lipinski definition) is 4. The standard InChI is InChI=1S/C14H18FN3O3/c1-8(2)7-17(9-3-4-9)14(19)12-10(15)5-6-11(13(12)16)18(20)21/h5-6,8-9H,3-4,7,16H2,1-2H3. The summed E-state index contributed by atoms with van der Waals surface area (Å²) in [7, 11) is 0. The Morgan fingerprint density at radius 3 is 2.62 bits per heavy atom. The Morgan fingerprint density at radius 2 is 2.14 bits per heavy atom. The van der Waals surface area contributed by atoms with Gasteiger partial charge in [0, 0.05) is 18.7 Å². The molecule has 0 aromatic heterocycles. The summed E-state index contributed by atoms with van der Waals surface area (Å²) in [5.74, 6) is -1.17. The first-order chi connectivity index (χ1) is 9.82. The predicted octanol–water partition coefficient (Wildman–Crippen LogP) is 2.58. The van der Waals surface area contributed by atoms with E-state index in [-0.39, 0.29) is 12.0 Å². The Kier molecular flexibility index (Phi) is 4.11. The number of amides is 1. The molecule has 1 aliphatic carbocycles. The molecule has 0 saturated heterocycles. The number of hydrogen-bond donors (Lipinski definition) is 1. The molecule has 0 unspecified atom stereocenters. The van der Waals surface area contributed by atoms with Crippen LogP contribution >= 0.6 is 0 Å². The number of nitrogens with zero attached hydrogens (tertiary/aromatic N) is 2. The number of benzene rings is 1. The first-order valence-electron chi connectivity index (χ1n) is 6.86. The highest BCUT2D eigenvalue weighted by molar-refractivity contribution is 6.01. The molecular formula is C14H18FN3O3. The van der Waals surface area contributed by atoms with Crippen LogP contribution in [0.15, 0.2) is 12.1 Å². The summed E-state index contributed by atoms with van der Waals surface area (Å²) < 4.78 is 14.0. The minimum Gasteiger partial charge on any atom is -0.392 e. The summed E-state index contributed by atoms with van der Waals surface area (Å²) in [6, 6.07) is 1.98. The van der Waals surface area contributed by atoms with Gasteiger partial charge in [-0.2, -0.15) is 0 Å². The lowest BCUT2D eigenvalue weighted by Gasteiger charge is -2.25. The molecule has 6 nitrogen and oxygen atoms in total. The van der Waals surface area contributed by atoms with E-state index in [4.69, 9.17) is 5.73 Å². The molecule has 1 aromatic carbocycles. The SMILES string of the molecule is CC(C)CN(C(=O)c1c(F)ccc([N+](=O)[O-])c1N)C1CC1. The van der Waals surface area contributed by atoms with Crippen LogP contribution in [0.2, 0.25) is 0 Å². The second kappa shape index (κ2) is 5.67. The third-order valence-corrected chi connectivity index (χ3v) is 3.39. The summed E-state index contributed by atoms with van der Waals surface area (Å²) in [4.78, 5) is 24.3. The van der Waals surface area contributed by atoms with Crippen LogP contribution in [0.25, 0.3) is 0 Å². The van der Waals surface area contributed by atoms with Gasteiger partial charge in [-0.05, 0) is 24.8 Å². The zero-order valence-corrected chi connectivity index (χ0v) is 12.0. The fourth-order valence-electron chi connectivity index (χ4n) is 2.28. The molecule has 1 aliphatic rings. The van der Waals surface area contributed by atoms with E-state index in [1.165, 1.54) is 0 Å². The Hall–Kier alpha value is -2.18. The number of carbonyl (C=O) groups excluding carboxylic acids is 1. The number of halogens is 1. The van der Waals surface area contributed by atoms with Crippen molar-refractivity contribution in [3.63, 3.8) is 0 Å². The maximum Gasteiger partial charge on any atom is 0.293 e. The highest BCUT2D eigenvalue weighted by Gasteiger charge is 2.36. The summed E-state index contributed by atoms with van der Waals surface area (Å²) >= 11 is 0. The molecule has 2 N–H and O–H groups in total. The minimum atomic E-state index is -0.822. The Morgan fingerprint density at radius 1 is 1.52 bits per heavy atom. The van der Waals surface area contributed by atoms with Crippen LogP contribution < -0.4 is 5.73 Å². The van der Waals surface area contributed by atoms with Crippen molar-refractivity contribution in [3.8, 4) is 0 Å². The summed E-state index contributed by atoms with van der Waals surface area (Å²) in [6.07, 6.45) is 1.74. The van der Waals surface area contributed by atoms with Gasteiger partial charge in [0.2, 0.25) is 0 Å². The molecular weight excluding hydrogens is 277 g/mol. The molecule has 1 aromatic rings. The van der Waals surface area contributed by atoms with Crippen molar-refractivity contribution in [3.05, 3.63) is 33.6 Å². The number of anilines is 1. The molecule has 114 valence electrons. The van der Waals surface area contributed by atoms with E-state index in [0.29, 0.717) is 6.54 Å². The third-order valence-electron chi connectivity index (χ3n) is 3.39. The van der Waals surface area contributed by atoms with Gasteiger partial charge in [0.1, 0.15) is 17.1 Å². The van der Waals surface area contributed by atoms with Crippen molar-refractivity contribution >= 4 is 17.3 Å². The number of nitro groups is 1. The first-order valence-corrected chi connectivity index (χ1v) is 6.86. The lowest BCUT2D eigenvalue weighted by molar-refractivity contribution is -0.384. The van der Waals surface area contributed by atoms with E-state index < -0.39 is 33.6 Å². The number of nitrogens with two attached hydrogens (primary N) is 1. The minimum absolute atomic E-state index is 0.0814. The van der Waals surface area contributed by atoms with Gasteiger partial charge in [0.05, 0.1) is 4.92 Å². The zero-order valence-electron chi connectivity index (χ0n) is 12.0. The van der Waals surface area contributed by atoms with Crippen LogP contribution in [0, 0.1) is 21.8 Å². The highest BCUT2D eigenvalue weighted by Crippen LogP contribution is 2.33. The molecule has 21 heavy (non-hydrogen) atoms. The number of nitrogen functional groups attached to an aromatic ring is 1. The van der Waals surface area contributed by atoms with Crippen molar-refractivity contribution in [2.75, 3.05) is 12.3 Å². The van der Waals surface area contributed by atoms with Crippen LogP contribution in [-0.2, 0) is 0 Å². The summed E-state index contributed by atoms with van der Waals surface area (Å²) in [6.45, 7) is 4.39. The van der Waals surface area contributed by atoms with Crippen LogP contribution in [0.5, 0.6) is 0 Å². The van der Waals surface area contributed by atoms with E-state index in [0.717, 1.165) is 25.0 Å². The monoisotopic (exact) mass is 295 g/mol. The molecule has 7 heteroatoms. The van der Waals surface area contributed by atoms with Gasteiger partial charge >= 0.3 is 0 Å². The quantitative estimate of drug-likeness (QED) is 0.513. The van der Waals surface area contributed by atoms with Gasteiger partial charge in [-0.1, -0.05) is 13.8 Å². The second-order valence-electron chi connectivity index (χ2n) is 5.69. The lowest BCUT2D eigenvalue weighted by Crippen LogP contribution is -2.37. The Labute approximate surface area is 121 Å². The van der Waals surface area contributed by atoms with E-state index in [9.17, 15) is 19.3 Å². The highest BCUT2D eigenvalue weighted by atomic mass is 19.1. The molecule has 0 spiro atoms. The fourth-order valence-corrected chi connectivity index (χ4v) is 2.28. The average molecular weight is 295 g/mol. The molecule has 1 fully saturated rings. The van der Waals surface area contributed by atoms with E-state index in [1.807, 2.05) is 13.8 Å². The van der Waals surface area contributed by atoms with Crippen molar-refractivity contribution in [2.24, 2.45) is 5.92 Å². The molecule has 0 atom stereocenters. The summed E-state index contributed by atoms with van der Waals surface area (Å²) in [5.41, 5.74) is 4.41. The summed E-state index contributed by atoms with van der Waals surface area (Å²) in [5, 5.41) is 10.9. The first kappa shape index (κ1) is 15.2. The molecule has 0 radical (unpaired) electrons. The second-order valence-corrected chi connectivity index (χ2v) is 5.69. The van der Waals surface area contributed by atoms with Gasteiger partial charge < -0.3 is 10.6 Å². The van der Waals surface area contributed by atoms with Gasteiger partial charge in [0.15, 0.2) is 0 Å². The maximum absolute atomic E-state index is 14.0. The van der Waals surface area contributed by atoms with E-state index in [1.54, 1.807) is 4.90 Å². The van der Waals surface area contributed by atoms with Gasteiger partial charge in [0.25, 0.3) is 11.6 Å². The van der Waals surface area contributed by atoms with Crippen molar-refractivity contribution in [2.45, 2.75) is 32.7 Å². The molecule has 0 heterocycles. The lowest BCUT2D eigenvalue weighted by atomic mass is 10.1. The molecule has 0 bridgehead atoms. The number of carbonyl (C=O) groups is 1. The van der Waals surface area contributed by atoms with Crippen LogP contribution in [0.4, 0.5) is 15.8 Å². The Bertz CT molecular complexity index is 585. The van der Waals surface area contributed by atoms with Gasteiger partial charge in [-0.3, -0.25) is 14.9 Å². The van der Waals surface area contributed by atoms with E-state index >= 15 is 0 Å². The smallest absolute Gasteiger partial charge is 0.293 e. The van der Waals surface area contributed by atoms with Gasteiger partial charge in [-0.25, -0.2) is 4.39 Å². The predicted molar refractivity (Wildman–Crippen MR) is 76.4 cm³/mol. The van der Waals surface area contributed by atoms with Crippen LogP contribution in [0.3, 0.4) is 0 Å². The number of nitro benzene ring substituents is 1. The molecule has 0 aliphatic heterocycles. The zero-order chi connectivity index (χ0) is 15.7. The average Bonchev–Trinajstić information content (AvgIpc) is 3.19. The fraction of sp³-hybridized carbons (Fsp3) is 0.500. The van der Waals surface area contributed by atoms with Gasteiger partial charge in [-0.15, -0.1) is 0 Å². The van der Waals surface area contributed by atoms with E-state index in [2.05, 4.69) is 0 Å². The topological polar surface area (TPSA) is 89.5 Å². The van der Waals surface area contributed by atoms with Crippen molar-refractivity contribution in [1.82, 2.24) is 4.90 Å².